The van der Waals surface area contributed by atoms with Crippen molar-refractivity contribution in [1.29, 1.82) is 0 Å². The van der Waals surface area contributed by atoms with Gasteiger partial charge in [0, 0.05) is 13.0 Å². The number of methoxy groups -OCH3 is 1. The number of nitrogens with zero attached hydrogens (tertiary/aromatic N) is 1. The van der Waals surface area contributed by atoms with Gasteiger partial charge in [0.25, 0.3) is 5.91 Å². The van der Waals surface area contributed by atoms with Gasteiger partial charge >= 0.3 is 0 Å². The van der Waals surface area contributed by atoms with Gasteiger partial charge in [-0.05, 0) is 43.2 Å². The molecular formula is C27H31N3O5S. The maximum absolute atomic E-state index is 12.9. The first-order valence-corrected chi connectivity index (χ1v) is 13.4. The van der Waals surface area contributed by atoms with Gasteiger partial charge in [0.1, 0.15) is 5.75 Å². The van der Waals surface area contributed by atoms with Crippen LogP contribution < -0.4 is 19.7 Å². The van der Waals surface area contributed by atoms with Crippen LogP contribution in [0.15, 0.2) is 78.9 Å². The smallest absolute Gasteiger partial charge is 0.253 e. The molecule has 0 spiro atoms. The van der Waals surface area contributed by atoms with Crippen molar-refractivity contribution in [2.75, 3.05) is 29.5 Å². The second-order valence-corrected chi connectivity index (χ2v) is 10.2. The number of carbonyl (C=O) groups excluding carboxylic acids is 2. The minimum Gasteiger partial charge on any atom is -0.495 e. The van der Waals surface area contributed by atoms with Crippen LogP contribution in [0.5, 0.6) is 5.75 Å². The summed E-state index contributed by atoms with van der Waals surface area (Å²) < 4.78 is 31.3. The number of hydrogen-bond acceptors (Lipinski definition) is 5. The van der Waals surface area contributed by atoms with E-state index in [1.807, 2.05) is 37.3 Å². The molecular weight excluding hydrogens is 478 g/mol. The number of carbonyl (C=O) groups is 2. The molecule has 0 aliphatic heterocycles. The number of ether oxygens (including phenoxy) is 1. The summed E-state index contributed by atoms with van der Waals surface area (Å²) in [6.07, 6.45) is 1.46. The normalized spacial score (nSPS) is 11.9. The van der Waals surface area contributed by atoms with Crippen molar-refractivity contribution in [3.8, 4) is 5.75 Å². The molecule has 0 bridgehead atoms. The van der Waals surface area contributed by atoms with Crippen molar-refractivity contribution in [2.24, 2.45) is 0 Å². The monoisotopic (exact) mass is 509 g/mol. The molecule has 0 aromatic heterocycles. The number of nitrogens with one attached hydrogen (secondary N) is 2. The van der Waals surface area contributed by atoms with E-state index in [0.29, 0.717) is 22.7 Å². The molecule has 0 aliphatic carbocycles. The second-order valence-electron chi connectivity index (χ2n) is 8.31. The van der Waals surface area contributed by atoms with E-state index in [2.05, 4.69) is 10.6 Å². The van der Waals surface area contributed by atoms with Crippen LogP contribution in [-0.4, -0.2) is 40.1 Å². The maximum atomic E-state index is 12.9. The lowest BCUT2D eigenvalue weighted by Crippen LogP contribution is -2.32. The number of rotatable bonds is 11. The zero-order chi connectivity index (χ0) is 26.1. The molecule has 3 aromatic rings. The minimum atomic E-state index is -3.59. The molecule has 0 heterocycles. The summed E-state index contributed by atoms with van der Waals surface area (Å²) in [5.41, 5.74) is 2.13. The van der Waals surface area contributed by atoms with Crippen molar-refractivity contribution in [3.63, 3.8) is 0 Å². The van der Waals surface area contributed by atoms with Gasteiger partial charge < -0.3 is 15.4 Å². The molecule has 2 N–H and O–H groups in total. The Morgan fingerprint density at radius 1 is 0.944 bits per heavy atom. The van der Waals surface area contributed by atoms with Crippen LogP contribution in [-0.2, 0) is 14.8 Å². The first-order chi connectivity index (χ1) is 17.2. The number of hydrogen-bond donors (Lipinski definition) is 2. The van der Waals surface area contributed by atoms with Crippen molar-refractivity contribution in [3.05, 3.63) is 90.0 Å². The minimum absolute atomic E-state index is 0.0670. The van der Waals surface area contributed by atoms with Crippen molar-refractivity contribution >= 4 is 33.2 Å². The molecule has 0 saturated heterocycles. The quantitative estimate of drug-likeness (QED) is 0.399. The topological polar surface area (TPSA) is 105 Å². The molecule has 0 aliphatic rings. The second kappa shape index (κ2) is 12.2. The zero-order valence-electron chi connectivity index (χ0n) is 20.6. The number of amides is 2. The molecule has 36 heavy (non-hydrogen) atoms. The summed E-state index contributed by atoms with van der Waals surface area (Å²) in [5, 5.41) is 5.74. The molecule has 8 nitrogen and oxygen atoms in total. The number of sulfonamides is 1. The van der Waals surface area contributed by atoms with E-state index < -0.39 is 10.0 Å². The van der Waals surface area contributed by atoms with Gasteiger partial charge in [-0.3, -0.25) is 13.9 Å². The SMILES string of the molecule is COc1ccccc1N(CCCC(=O)Nc1ccccc1C(=O)N[C@@H](C)c1ccccc1)S(C)(=O)=O. The van der Waals surface area contributed by atoms with Crippen LogP contribution >= 0.6 is 0 Å². The van der Waals surface area contributed by atoms with E-state index in [9.17, 15) is 18.0 Å². The Hall–Kier alpha value is -3.85. The third-order valence-corrected chi connectivity index (χ3v) is 6.79. The fraction of sp³-hybridized carbons (Fsp3) is 0.259. The average Bonchev–Trinajstić information content (AvgIpc) is 2.86. The van der Waals surface area contributed by atoms with Crippen LogP contribution in [0.25, 0.3) is 0 Å². The molecule has 2 amide bonds. The summed E-state index contributed by atoms with van der Waals surface area (Å²) >= 11 is 0. The first-order valence-electron chi connectivity index (χ1n) is 11.6. The molecule has 0 unspecified atom stereocenters. The summed E-state index contributed by atoms with van der Waals surface area (Å²) in [5.74, 6) is -0.196. The molecule has 3 rings (SSSR count). The predicted molar refractivity (Wildman–Crippen MR) is 142 cm³/mol. The van der Waals surface area contributed by atoms with Crippen LogP contribution in [0.4, 0.5) is 11.4 Å². The van der Waals surface area contributed by atoms with Gasteiger partial charge in [0.2, 0.25) is 15.9 Å². The van der Waals surface area contributed by atoms with E-state index in [-0.39, 0.29) is 37.2 Å². The van der Waals surface area contributed by atoms with Gasteiger partial charge in [-0.25, -0.2) is 8.42 Å². The summed E-state index contributed by atoms with van der Waals surface area (Å²) in [7, 11) is -2.12. The van der Waals surface area contributed by atoms with E-state index in [4.69, 9.17) is 4.74 Å². The third-order valence-electron chi connectivity index (χ3n) is 5.61. The molecule has 3 aromatic carbocycles. The Morgan fingerprint density at radius 3 is 2.28 bits per heavy atom. The lowest BCUT2D eigenvalue weighted by molar-refractivity contribution is -0.116. The van der Waals surface area contributed by atoms with E-state index >= 15 is 0 Å². The van der Waals surface area contributed by atoms with Crippen LogP contribution in [0.2, 0.25) is 0 Å². The number of para-hydroxylation sites is 3. The van der Waals surface area contributed by atoms with Gasteiger partial charge in [-0.2, -0.15) is 0 Å². The van der Waals surface area contributed by atoms with Crippen molar-refractivity contribution < 1.29 is 22.7 Å². The predicted octanol–water partition coefficient (Wildman–Crippen LogP) is 4.37. The Kier molecular flexibility index (Phi) is 9.08. The van der Waals surface area contributed by atoms with Crippen LogP contribution in [0.3, 0.4) is 0 Å². The Balaban J connectivity index is 1.63. The third kappa shape index (κ3) is 7.08. The van der Waals surface area contributed by atoms with Crippen LogP contribution in [0.1, 0.15) is 41.7 Å². The van der Waals surface area contributed by atoms with Gasteiger partial charge in [0.15, 0.2) is 0 Å². The lowest BCUT2D eigenvalue weighted by Gasteiger charge is -2.24. The molecule has 190 valence electrons. The molecule has 0 saturated carbocycles. The highest BCUT2D eigenvalue weighted by molar-refractivity contribution is 7.92. The molecule has 1 atom stereocenters. The highest BCUT2D eigenvalue weighted by atomic mass is 32.2. The molecule has 0 radical (unpaired) electrons. The molecule has 0 fully saturated rings. The highest BCUT2D eigenvalue weighted by Crippen LogP contribution is 2.29. The van der Waals surface area contributed by atoms with Crippen molar-refractivity contribution in [1.82, 2.24) is 5.32 Å². The Labute approximate surface area is 212 Å². The number of anilines is 2. The van der Waals surface area contributed by atoms with Crippen molar-refractivity contribution in [2.45, 2.75) is 25.8 Å². The van der Waals surface area contributed by atoms with Gasteiger partial charge in [-0.1, -0.05) is 54.6 Å². The standard InChI is InChI=1S/C27H31N3O5S/c1-20(21-12-5-4-6-13-21)28-27(32)22-14-7-8-15-23(22)29-26(31)18-11-19-30(36(3,33)34)24-16-9-10-17-25(24)35-2/h4-10,12-17,20H,11,18-19H2,1-3H3,(H,28,32)(H,29,31)/t20-/m0/s1. The Morgan fingerprint density at radius 2 is 1.58 bits per heavy atom. The number of benzene rings is 3. The van der Waals surface area contributed by atoms with Crippen LogP contribution in [0, 0.1) is 0 Å². The Bertz CT molecular complexity index is 1300. The summed E-state index contributed by atoms with van der Waals surface area (Å²) in [6.45, 7) is 1.99. The van der Waals surface area contributed by atoms with E-state index in [1.54, 1.807) is 48.5 Å². The van der Waals surface area contributed by atoms with Gasteiger partial charge in [0.05, 0.1) is 36.3 Å². The fourth-order valence-electron chi connectivity index (χ4n) is 3.79. The van der Waals surface area contributed by atoms with E-state index in [1.165, 1.54) is 11.4 Å². The van der Waals surface area contributed by atoms with Gasteiger partial charge in [-0.15, -0.1) is 0 Å². The fourth-order valence-corrected chi connectivity index (χ4v) is 4.76. The maximum Gasteiger partial charge on any atom is 0.253 e. The van der Waals surface area contributed by atoms with E-state index in [0.717, 1.165) is 11.8 Å². The summed E-state index contributed by atoms with van der Waals surface area (Å²) in [6, 6.07) is 23.0. The lowest BCUT2D eigenvalue weighted by atomic mass is 10.1. The molecule has 9 heteroatoms. The first kappa shape index (κ1) is 26.7. The summed E-state index contributed by atoms with van der Waals surface area (Å²) in [4.78, 5) is 25.6. The average molecular weight is 510 g/mol. The highest BCUT2D eigenvalue weighted by Gasteiger charge is 2.21. The zero-order valence-corrected chi connectivity index (χ0v) is 21.4. The largest absolute Gasteiger partial charge is 0.495 e.